The molecule has 1 aliphatic rings. The van der Waals surface area contributed by atoms with Crippen molar-refractivity contribution in [3.63, 3.8) is 0 Å². The van der Waals surface area contributed by atoms with Crippen molar-refractivity contribution in [3.05, 3.63) is 63.0 Å². The highest BCUT2D eigenvalue weighted by atomic mass is 35.5. The van der Waals surface area contributed by atoms with Crippen LogP contribution >= 0.6 is 11.6 Å². The maximum Gasteiger partial charge on any atom is 0.407 e. The Morgan fingerprint density at radius 1 is 1.27 bits per heavy atom. The van der Waals surface area contributed by atoms with E-state index in [0.717, 1.165) is 5.56 Å². The minimum absolute atomic E-state index is 0.280. The van der Waals surface area contributed by atoms with Crippen molar-refractivity contribution in [2.24, 2.45) is 0 Å². The lowest BCUT2D eigenvalue weighted by Gasteiger charge is -2.34. The van der Waals surface area contributed by atoms with Crippen LogP contribution in [0.15, 0.2) is 41.3 Å². The van der Waals surface area contributed by atoms with E-state index in [1.807, 2.05) is 12.1 Å². The van der Waals surface area contributed by atoms with Gasteiger partial charge in [-0.1, -0.05) is 23.7 Å². The largest absolute Gasteiger partial charge is 0.503 e. The lowest BCUT2D eigenvalue weighted by atomic mass is 10.0. The lowest BCUT2D eigenvalue weighted by molar-refractivity contribution is 0.112. The number of hydrogen-bond donors (Lipinski definition) is 3. The van der Waals surface area contributed by atoms with Gasteiger partial charge in [0.2, 0.25) is 0 Å². The number of hydrogen-bond acceptors (Lipinski definition) is 4. The minimum atomic E-state index is -0.993. The molecule has 1 aromatic heterocycles. The molecule has 0 saturated carbocycles. The standard InChI is InChI=1S/C18H20ClN3O4/c19-14-3-1-12(2-4-14)11-21-7-5-13(16(23)17(21)24)9-15-10-20-6-8-22(15)18(25)26/h1-5,7,15,20,23H,6,8-11H2,(H,25,26). The molecule has 1 atom stereocenters. The fourth-order valence-corrected chi connectivity index (χ4v) is 3.25. The number of pyridine rings is 1. The molecule has 1 fully saturated rings. The van der Waals surface area contributed by atoms with E-state index in [-0.39, 0.29) is 18.2 Å². The molecule has 0 radical (unpaired) electrons. The van der Waals surface area contributed by atoms with E-state index >= 15 is 0 Å². The highest BCUT2D eigenvalue weighted by molar-refractivity contribution is 6.30. The topological polar surface area (TPSA) is 94.8 Å². The average molecular weight is 378 g/mol. The molecule has 1 amide bonds. The number of aromatic hydroxyl groups is 1. The zero-order valence-electron chi connectivity index (χ0n) is 14.1. The summed E-state index contributed by atoms with van der Waals surface area (Å²) >= 11 is 5.86. The smallest absolute Gasteiger partial charge is 0.407 e. The summed E-state index contributed by atoms with van der Waals surface area (Å²) in [5.74, 6) is -0.336. The Kier molecular flexibility index (Phi) is 5.49. The zero-order valence-corrected chi connectivity index (χ0v) is 14.8. The second-order valence-corrected chi connectivity index (χ2v) is 6.72. The monoisotopic (exact) mass is 377 g/mol. The van der Waals surface area contributed by atoms with Crippen molar-refractivity contribution in [2.75, 3.05) is 19.6 Å². The van der Waals surface area contributed by atoms with E-state index in [4.69, 9.17) is 11.6 Å². The fourth-order valence-electron chi connectivity index (χ4n) is 3.12. The van der Waals surface area contributed by atoms with Crippen molar-refractivity contribution in [1.82, 2.24) is 14.8 Å². The second-order valence-electron chi connectivity index (χ2n) is 6.29. The quantitative estimate of drug-likeness (QED) is 0.754. The normalized spacial score (nSPS) is 17.3. The van der Waals surface area contributed by atoms with Gasteiger partial charge in [-0.3, -0.25) is 4.79 Å². The predicted molar refractivity (Wildman–Crippen MR) is 98.0 cm³/mol. The number of amides is 1. The van der Waals surface area contributed by atoms with E-state index < -0.39 is 11.7 Å². The average Bonchev–Trinajstić information content (AvgIpc) is 2.63. The number of nitrogens with one attached hydrogen (secondary N) is 1. The SMILES string of the molecule is O=C(O)N1CCNCC1Cc1ccn(Cc2ccc(Cl)cc2)c(=O)c1O. The van der Waals surface area contributed by atoms with E-state index in [1.54, 1.807) is 24.4 Å². The van der Waals surface area contributed by atoms with Gasteiger partial charge < -0.3 is 25.0 Å². The first-order valence-electron chi connectivity index (χ1n) is 8.31. The number of carboxylic acid groups (broad SMARTS) is 1. The molecule has 0 spiro atoms. The fraction of sp³-hybridized carbons (Fsp3) is 0.333. The summed E-state index contributed by atoms with van der Waals surface area (Å²) in [7, 11) is 0. The molecule has 1 aliphatic heterocycles. The Balaban J connectivity index is 1.79. The van der Waals surface area contributed by atoms with Crippen LogP contribution in [-0.2, 0) is 13.0 Å². The van der Waals surface area contributed by atoms with Crippen molar-refractivity contribution in [2.45, 2.75) is 19.0 Å². The van der Waals surface area contributed by atoms with Crippen LogP contribution in [-0.4, -0.2) is 51.4 Å². The first-order valence-corrected chi connectivity index (χ1v) is 8.69. The Morgan fingerprint density at radius 3 is 2.69 bits per heavy atom. The molecule has 2 aromatic rings. The van der Waals surface area contributed by atoms with Crippen LogP contribution in [0.3, 0.4) is 0 Å². The number of carbonyl (C=O) groups is 1. The maximum absolute atomic E-state index is 12.5. The molecule has 1 unspecified atom stereocenters. The molecule has 2 heterocycles. The van der Waals surface area contributed by atoms with Gasteiger partial charge in [0.05, 0.1) is 12.6 Å². The first kappa shape index (κ1) is 18.3. The number of piperazine rings is 1. The van der Waals surface area contributed by atoms with Crippen LogP contribution in [0.5, 0.6) is 5.75 Å². The summed E-state index contributed by atoms with van der Waals surface area (Å²) in [5, 5.41) is 23.4. The van der Waals surface area contributed by atoms with Crippen molar-refractivity contribution in [1.29, 1.82) is 0 Å². The maximum atomic E-state index is 12.5. The van der Waals surface area contributed by atoms with Crippen LogP contribution in [0.25, 0.3) is 0 Å². The van der Waals surface area contributed by atoms with E-state index in [9.17, 15) is 19.8 Å². The second kappa shape index (κ2) is 7.80. The van der Waals surface area contributed by atoms with Crippen LogP contribution in [0.1, 0.15) is 11.1 Å². The molecule has 0 aliphatic carbocycles. The Bertz CT molecular complexity index is 851. The van der Waals surface area contributed by atoms with Gasteiger partial charge in [0.1, 0.15) is 0 Å². The van der Waals surface area contributed by atoms with Gasteiger partial charge in [0, 0.05) is 36.4 Å². The molecular formula is C18H20ClN3O4. The van der Waals surface area contributed by atoms with Gasteiger partial charge in [-0.25, -0.2) is 4.79 Å². The summed E-state index contributed by atoms with van der Waals surface area (Å²) in [4.78, 5) is 25.2. The Morgan fingerprint density at radius 2 is 2.00 bits per heavy atom. The van der Waals surface area contributed by atoms with Crippen LogP contribution in [0.2, 0.25) is 5.02 Å². The van der Waals surface area contributed by atoms with E-state index in [2.05, 4.69) is 5.32 Å². The lowest BCUT2D eigenvalue weighted by Crippen LogP contribution is -2.54. The molecule has 1 aromatic carbocycles. The molecule has 3 N–H and O–H groups in total. The first-order chi connectivity index (χ1) is 12.5. The molecule has 0 bridgehead atoms. The molecule has 7 nitrogen and oxygen atoms in total. The Labute approximate surface area is 155 Å². The van der Waals surface area contributed by atoms with Gasteiger partial charge in [0.15, 0.2) is 5.75 Å². The van der Waals surface area contributed by atoms with Gasteiger partial charge >= 0.3 is 6.09 Å². The molecule has 8 heteroatoms. The van der Waals surface area contributed by atoms with Gasteiger partial charge in [0.25, 0.3) is 5.56 Å². The van der Waals surface area contributed by atoms with Gasteiger partial charge in [-0.05, 0) is 30.2 Å². The zero-order chi connectivity index (χ0) is 18.7. The summed E-state index contributed by atoms with van der Waals surface area (Å²) in [6, 6.07) is 8.47. The molecule has 1 saturated heterocycles. The number of halogens is 1. The third-order valence-electron chi connectivity index (χ3n) is 4.54. The third kappa shape index (κ3) is 4.00. The van der Waals surface area contributed by atoms with Crippen molar-refractivity contribution < 1.29 is 15.0 Å². The molecule has 26 heavy (non-hydrogen) atoms. The Hall–Kier alpha value is -2.51. The number of benzene rings is 1. The van der Waals surface area contributed by atoms with Crippen molar-refractivity contribution in [3.8, 4) is 5.75 Å². The third-order valence-corrected chi connectivity index (χ3v) is 4.79. The number of nitrogens with zero attached hydrogens (tertiary/aromatic N) is 2. The number of aromatic nitrogens is 1. The summed E-state index contributed by atoms with van der Waals surface area (Å²) < 4.78 is 1.41. The summed E-state index contributed by atoms with van der Waals surface area (Å²) in [5.41, 5.74) is 0.836. The minimum Gasteiger partial charge on any atom is -0.503 e. The highest BCUT2D eigenvalue weighted by Crippen LogP contribution is 2.18. The molecule has 3 rings (SSSR count). The predicted octanol–water partition coefficient (Wildman–Crippen LogP) is 1.75. The molecular weight excluding hydrogens is 358 g/mol. The van der Waals surface area contributed by atoms with Gasteiger partial charge in [-0.2, -0.15) is 0 Å². The van der Waals surface area contributed by atoms with Crippen molar-refractivity contribution >= 4 is 17.7 Å². The number of rotatable bonds is 4. The summed E-state index contributed by atoms with van der Waals surface area (Å²) in [6.07, 6.45) is 0.905. The van der Waals surface area contributed by atoms with E-state index in [1.165, 1.54) is 9.47 Å². The van der Waals surface area contributed by atoms with Crippen LogP contribution in [0, 0.1) is 0 Å². The summed E-state index contributed by atoms with van der Waals surface area (Å²) in [6.45, 7) is 1.78. The molecule has 138 valence electrons. The van der Waals surface area contributed by atoms with Gasteiger partial charge in [-0.15, -0.1) is 0 Å². The van der Waals surface area contributed by atoms with Crippen LogP contribution in [0.4, 0.5) is 4.79 Å². The van der Waals surface area contributed by atoms with E-state index in [0.29, 0.717) is 36.8 Å². The highest BCUT2D eigenvalue weighted by Gasteiger charge is 2.27. The van der Waals surface area contributed by atoms with Crippen LogP contribution < -0.4 is 10.9 Å².